The van der Waals surface area contributed by atoms with Gasteiger partial charge < -0.3 is 4.90 Å². The van der Waals surface area contributed by atoms with Gasteiger partial charge in [-0.2, -0.15) is 0 Å². The van der Waals surface area contributed by atoms with Gasteiger partial charge in [-0.25, -0.2) is 4.90 Å². The number of aryl methyl sites for hydroxylation is 1. The summed E-state index contributed by atoms with van der Waals surface area (Å²) in [5.41, 5.74) is 1.72. The van der Waals surface area contributed by atoms with Gasteiger partial charge in [0.05, 0.1) is 28.5 Å². The summed E-state index contributed by atoms with van der Waals surface area (Å²) in [5.74, 6) is -2.47. The first kappa shape index (κ1) is 22.0. The number of fused-ring (bicyclic) bond motifs is 5. The van der Waals surface area contributed by atoms with Gasteiger partial charge in [-0.15, -0.1) is 0 Å². The number of rotatable bonds is 3. The second-order valence-corrected chi connectivity index (χ2v) is 10.2. The smallest absolute Gasteiger partial charge is 0.269 e. The summed E-state index contributed by atoms with van der Waals surface area (Å²) < 4.78 is 0. The molecular weight excluding hydrogens is 434 g/mol. The third-order valence-electron chi connectivity index (χ3n) is 7.05. The van der Waals surface area contributed by atoms with E-state index in [9.17, 15) is 24.5 Å². The Balaban J connectivity index is 1.64. The van der Waals surface area contributed by atoms with E-state index in [2.05, 4.69) is 0 Å². The maximum absolute atomic E-state index is 13.8. The molecule has 8 nitrogen and oxygen atoms in total. The number of imide groups is 1. The maximum atomic E-state index is 13.8. The Labute approximate surface area is 197 Å². The monoisotopic (exact) mass is 459 g/mol. The van der Waals surface area contributed by atoms with Crippen LogP contribution in [0.2, 0.25) is 0 Å². The number of carbonyl (C=O) groups excluding carboxylic acids is 3. The van der Waals surface area contributed by atoms with E-state index >= 15 is 0 Å². The molecule has 3 heterocycles. The van der Waals surface area contributed by atoms with Gasteiger partial charge in [0.15, 0.2) is 5.78 Å². The molecule has 3 aliphatic heterocycles. The zero-order chi connectivity index (χ0) is 24.5. The number of ketones is 1. The van der Waals surface area contributed by atoms with Crippen molar-refractivity contribution in [2.75, 3.05) is 9.80 Å². The predicted molar refractivity (Wildman–Crippen MR) is 127 cm³/mol. The molecular formula is C26H25N3O5. The highest BCUT2D eigenvalue weighted by molar-refractivity contribution is 6.25. The van der Waals surface area contributed by atoms with Crippen molar-refractivity contribution in [1.29, 1.82) is 0 Å². The number of hydrogen-bond donors (Lipinski definition) is 0. The number of nitro groups is 1. The van der Waals surface area contributed by atoms with Crippen LogP contribution in [0.3, 0.4) is 0 Å². The fourth-order valence-corrected chi connectivity index (χ4v) is 5.50. The van der Waals surface area contributed by atoms with E-state index in [0.29, 0.717) is 11.3 Å². The van der Waals surface area contributed by atoms with E-state index in [1.54, 1.807) is 6.92 Å². The van der Waals surface area contributed by atoms with Crippen LogP contribution in [0, 0.1) is 34.3 Å². The van der Waals surface area contributed by atoms with Crippen molar-refractivity contribution in [2.24, 2.45) is 17.3 Å². The molecule has 5 rings (SSSR count). The van der Waals surface area contributed by atoms with Crippen LogP contribution in [0.15, 0.2) is 48.5 Å². The molecule has 174 valence electrons. The SMILES string of the molecule is Cc1cc([N+](=O)[O-])ccc1N1C(=O)C2C(C1=O)C(C(=O)C(C)(C)C)N1c3ccccc3C=CC21. The van der Waals surface area contributed by atoms with Crippen molar-refractivity contribution < 1.29 is 19.3 Å². The number of para-hydroxylation sites is 1. The van der Waals surface area contributed by atoms with E-state index in [0.717, 1.165) is 16.2 Å². The van der Waals surface area contributed by atoms with Gasteiger partial charge in [0, 0.05) is 23.2 Å². The summed E-state index contributed by atoms with van der Waals surface area (Å²) >= 11 is 0. The van der Waals surface area contributed by atoms with Gasteiger partial charge >= 0.3 is 0 Å². The first-order valence-corrected chi connectivity index (χ1v) is 11.2. The Morgan fingerprint density at radius 1 is 1.00 bits per heavy atom. The molecule has 4 unspecified atom stereocenters. The summed E-state index contributed by atoms with van der Waals surface area (Å²) in [6, 6.07) is 10.5. The number of nitro benzene ring substituents is 1. The van der Waals surface area contributed by atoms with Gasteiger partial charge in [-0.3, -0.25) is 24.5 Å². The van der Waals surface area contributed by atoms with Crippen LogP contribution in [-0.2, 0) is 14.4 Å². The number of amides is 2. The molecule has 34 heavy (non-hydrogen) atoms. The predicted octanol–water partition coefficient (Wildman–Crippen LogP) is 3.91. The highest BCUT2D eigenvalue weighted by Gasteiger charge is 2.65. The van der Waals surface area contributed by atoms with Crippen LogP contribution < -0.4 is 9.80 Å². The van der Waals surface area contributed by atoms with E-state index in [-0.39, 0.29) is 17.4 Å². The number of nitrogens with zero attached hydrogens (tertiary/aromatic N) is 3. The van der Waals surface area contributed by atoms with Gasteiger partial charge in [-0.1, -0.05) is 51.1 Å². The largest absolute Gasteiger partial charge is 0.353 e. The zero-order valence-electron chi connectivity index (χ0n) is 19.4. The third-order valence-corrected chi connectivity index (χ3v) is 7.05. The van der Waals surface area contributed by atoms with Crippen LogP contribution >= 0.6 is 0 Å². The molecule has 2 amide bonds. The van der Waals surface area contributed by atoms with Gasteiger partial charge in [-0.05, 0) is 30.2 Å². The molecule has 0 radical (unpaired) electrons. The lowest BCUT2D eigenvalue weighted by Gasteiger charge is -2.38. The molecule has 0 N–H and O–H groups in total. The molecule has 2 saturated heterocycles. The second kappa shape index (κ2) is 7.35. The fraction of sp³-hybridized carbons (Fsp3) is 0.346. The minimum atomic E-state index is -0.838. The van der Waals surface area contributed by atoms with Crippen LogP contribution in [-0.4, -0.2) is 34.6 Å². The summed E-state index contributed by atoms with van der Waals surface area (Å²) in [6.45, 7) is 7.10. The Bertz CT molecular complexity index is 1290. The number of carbonyl (C=O) groups is 3. The normalized spacial score (nSPS) is 25.3. The van der Waals surface area contributed by atoms with Crippen LogP contribution in [0.25, 0.3) is 6.08 Å². The standard InChI is InChI=1S/C26H25N3O5/c1-14-13-16(29(33)34)10-12-17(14)28-24(31)20-19-11-9-15-7-5-6-8-18(15)27(19)22(21(20)25(28)32)23(30)26(2,3)4/h5-13,19-22H,1-4H3. The maximum Gasteiger partial charge on any atom is 0.269 e. The molecule has 0 saturated carbocycles. The minimum absolute atomic E-state index is 0.0986. The van der Waals surface area contributed by atoms with Crippen molar-refractivity contribution in [2.45, 2.75) is 39.8 Å². The Morgan fingerprint density at radius 3 is 2.32 bits per heavy atom. The molecule has 0 bridgehead atoms. The lowest BCUT2D eigenvalue weighted by Crippen LogP contribution is -2.51. The van der Waals surface area contributed by atoms with Crippen LogP contribution in [0.1, 0.15) is 31.9 Å². The zero-order valence-corrected chi connectivity index (χ0v) is 19.4. The molecule has 2 aromatic rings. The molecule has 2 aromatic carbocycles. The molecule has 0 aliphatic carbocycles. The van der Waals surface area contributed by atoms with E-state index in [4.69, 9.17) is 0 Å². The van der Waals surface area contributed by atoms with E-state index < -0.39 is 40.2 Å². The van der Waals surface area contributed by atoms with Crippen molar-refractivity contribution in [3.8, 4) is 0 Å². The number of anilines is 2. The van der Waals surface area contributed by atoms with Crippen molar-refractivity contribution in [3.05, 3.63) is 69.8 Å². The minimum Gasteiger partial charge on any atom is -0.353 e. The van der Waals surface area contributed by atoms with Crippen molar-refractivity contribution in [1.82, 2.24) is 0 Å². The molecule has 2 fully saturated rings. The third kappa shape index (κ3) is 3.01. The summed E-state index contributed by atoms with van der Waals surface area (Å²) in [6.07, 6.45) is 3.85. The average Bonchev–Trinajstić information content (AvgIpc) is 3.25. The molecule has 0 spiro atoms. The number of non-ortho nitro benzene ring substituents is 1. The van der Waals surface area contributed by atoms with Crippen LogP contribution in [0.4, 0.5) is 17.1 Å². The number of Topliss-reactive ketones (excluding diaryl/α,β-unsaturated/α-hetero) is 1. The second-order valence-electron chi connectivity index (χ2n) is 10.2. The molecule has 4 atom stereocenters. The van der Waals surface area contributed by atoms with Crippen molar-refractivity contribution >= 4 is 40.7 Å². The first-order valence-electron chi connectivity index (χ1n) is 11.2. The summed E-state index contributed by atoms with van der Waals surface area (Å²) in [7, 11) is 0. The number of hydrogen-bond acceptors (Lipinski definition) is 6. The Morgan fingerprint density at radius 2 is 1.68 bits per heavy atom. The first-order chi connectivity index (χ1) is 16.0. The van der Waals surface area contributed by atoms with Gasteiger partial charge in [0.25, 0.3) is 5.69 Å². The molecule has 0 aromatic heterocycles. The summed E-state index contributed by atoms with van der Waals surface area (Å²) in [5, 5.41) is 11.2. The van der Waals surface area contributed by atoms with E-state index in [1.807, 2.05) is 62.1 Å². The van der Waals surface area contributed by atoms with Crippen LogP contribution in [0.5, 0.6) is 0 Å². The fourth-order valence-electron chi connectivity index (χ4n) is 5.50. The lowest BCUT2D eigenvalue weighted by atomic mass is 9.79. The van der Waals surface area contributed by atoms with Gasteiger partial charge in [0.1, 0.15) is 6.04 Å². The quantitative estimate of drug-likeness (QED) is 0.392. The summed E-state index contributed by atoms with van der Waals surface area (Å²) in [4.78, 5) is 55.0. The van der Waals surface area contributed by atoms with Gasteiger partial charge in [0.2, 0.25) is 11.8 Å². The highest BCUT2D eigenvalue weighted by Crippen LogP contribution is 2.50. The Hall–Kier alpha value is -3.81. The van der Waals surface area contributed by atoms with Crippen molar-refractivity contribution in [3.63, 3.8) is 0 Å². The average molecular weight is 460 g/mol. The number of benzene rings is 2. The lowest BCUT2D eigenvalue weighted by molar-refractivity contribution is -0.384. The van der Waals surface area contributed by atoms with E-state index in [1.165, 1.54) is 18.2 Å². The molecule has 3 aliphatic rings. The Kier molecular flexibility index (Phi) is 4.76. The highest BCUT2D eigenvalue weighted by atomic mass is 16.6. The topological polar surface area (TPSA) is 101 Å². The molecule has 8 heteroatoms.